The van der Waals surface area contributed by atoms with E-state index in [0.29, 0.717) is 6.04 Å². The monoisotopic (exact) mass is 250 g/mol. The molecule has 0 atom stereocenters. The lowest BCUT2D eigenvalue weighted by atomic mass is 10.3. The molecule has 0 aliphatic rings. The first-order chi connectivity index (χ1) is 8.24. The Bertz CT molecular complexity index is 433. The van der Waals surface area contributed by atoms with Crippen LogP contribution in [0.15, 0.2) is 23.8 Å². The largest absolute Gasteiger partial charge is 0.308 e. The average molecular weight is 250 g/mol. The van der Waals surface area contributed by atoms with Gasteiger partial charge in [0.05, 0.1) is 6.54 Å². The van der Waals surface area contributed by atoms with E-state index in [2.05, 4.69) is 46.8 Å². The van der Waals surface area contributed by atoms with Crippen LogP contribution in [-0.2, 0) is 19.5 Å². The first-order valence-corrected chi connectivity index (χ1v) is 6.76. The molecule has 4 nitrogen and oxygen atoms in total. The molecule has 2 heterocycles. The lowest BCUT2D eigenvalue weighted by molar-refractivity contribution is 0.557. The third kappa shape index (κ3) is 3.94. The first kappa shape index (κ1) is 12.3. The second-order valence-electron chi connectivity index (χ2n) is 4.29. The van der Waals surface area contributed by atoms with Crippen LogP contribution in [-0.4, -0.2) is 20.8 Å². The van der Waals surface area contributed by atoms with Gasteiger partial charge in [0.2, 0.25) is 0 Å². The SMILES string of the molecule is CC(C)NCc1ncn(CCc2cccs2)n1. The van der Waals surface area contributed by atoms with Gasteiger partial charge in [-0.15, -0.1) is 11.3 Å². The highest BCUT2D eigenvalue weighted by Crippen LogP contribution is 2.09. The molecule has 2 aromatic rings. The second-order valence-corrected chi connectivity index (χ2v) is 5.32. The molecule has 0 amide bonds. The molecule has 0 fully saturated rings. The number of hydrogen-bond donors (Lipinski definition) is 1. The van der Waals surface area contributed by atoms with Crippen molar-refractivity contribution in [2.45, 2.75) is 39.4 Å². The van der Waals surface area contributed by atoms with Gasteiger partial charge in [-0.1, -0.05) is 19.9 Å². The topological polar surface area (TPSA) is 42.7 Å². The third-order valence-corrected chi connectivity index (χ3v) is 3.36. The molecule has 5 heteroatoms. The molecule has 0 aliphatic carbocycles. The Morgan fingerprint density at radius 3 is 3.06 bits per heavy atom. The Labute approximate surface area is 106 Å². The van der Waals surface area contributed by atoms with Crippen molar-refractivity contribution in [2.75, 3.05) is 0 Å². The highest BCUT2D eigenvalue weighted by Gasteiger charge is 2.02. The molecule has 0 unspecified atom stereocenters. The van der Waals surface area contributed by atoms with E-state index in [0.717, 1.165) is 25.3 Å². The molecule has 0 aromatic carbocycles. The van der Waals surface area contributed by atoms with Gasteiger partial charge in [-0.25, -0.2) is 4.98 Å². The molecular weight excluding hydrogens is 232 g/mol. The van der Waals surface area contributed by atoms with E-state index >= 15 is 0 Å². The van der Waals surface area contributed by atoms with Crippen LogP contribution in [0.4, 0.5) is 0 Å². The maximum absolute atomic E-state index is 4.43. The maximum Gasteiger partial charge on any atom is 0.164 e. The Hall–Kier alpha value is -1.20. The standard InChI is InChI=1S/C12H18N4S/c1-10(2)13-8-12-14-9-16(15-12)6-5-11-4-3-7-17-11/h3-4,7,9-10,13H,5-6,8H2,1-2H3. The lowest BCUT2D eigenvalue weighted by Crippen LogP contribution is -2.22. The number of hydrogen-bond acceptors (Lipinski definition) is 4. The van der Waals surface area contributed by atoms with Crippen molar-refractivity contribution in [2.24, 2.45) is 0 Å². The molecule has 2 rings (SSSR count). The summed E-state index contributed by atoms with van der Waals surface area (Å²) in [7, 11) is 0. The molecule has 2 aromatic heterocycles. The molecule has 0 aliphatic heterocycles. The molecule has 92 valence electrons. The summed E-state index contributed by atoms with van der Waals surface area (Å²) in [5.41, 5.74) is 0. The van der Waals surface area contributed by atoms with Gasteiger partial charge in [0.1, 0.15) is 6.33 Å². The van der Waals surface area contributed by atoms with E-state index in [9.17, 15) is 0 Å². The Morgan fingerprint density at radius 1 is 1.47 bits per heavy atom. The van der Waals surface area contributed by atoms with Gasteiger partial charge in [-0.2, -0.15) is 5.10 Å². The number of aromatic nitrogens is 3. The Kier molecular flexibility index (Phi) is 4.28. The van der Waals surface area contributed by atoms with Crippen LogP contribution in [0, 0.1) is 0 Å². The van der Waals surface area contributed by atoms with Crippen LogP contribution in [0.25, 0.3) is 0 Å². The maximum atomic E-state index is 4.43. The van der Waals surface area contributed by atoms with E-state index in [4.69, 9.17) is 0 Å². The van der Waals surface area contributed by atoms with Crippen molar-refractivity contribution in [3.63, 3.8) is 0 Å². The summed E-state index contributed by atoms with van der Waals surface area (Å²) in [4.78, 5) is 5.67. The summed E-state index contributed by atoms with van der Waals surface area (Å²) in [5, 5.41) is 9.84. The van der Waals surface area contributed by atoms with Crippen molar-refractivity contribution in [1.82, 2.24) is 20.1 Å². The van der Waals surface area contributed by atoms with E-state index in [1.807, 2.05) is 11.0 Å². The van der Waals surface area contributed by atoms with Crippen molar-refractivity contribution in [3.05, 3.63) is 34.5 Å². The number of nitrogens with zero attached hydrogens (tertiary/aromatic N) is 3. The number of thiophene rings is 1. The summed E-state index contributed by atoms with van der Waals surface area (Å²) < 4.78 is 1.91. The smallest absolute Gasteiger partial charge is 0.164 e. The molecule has 0 bridgehead atoms. The van der Waals surface area contributed by atoms with E-state index in [1.54, 1.807) is 11.3 Å². The lowest BCUT2D eigenvalue weighted by Gasteiger charge is -2.04. The zero-order chi connectivity index (χ0) is 12.1. The predicted octanol–water partition coefficient (Wildman–Crippen LogP) is 2.08. The van der Waals surface area contributed by atoms with Crippen LogP contribution < -0.4 is 5.32 Å². The summed E-state index contributed by atoms with van der Waals surface area (Å²) in [6.45, 7) is 5.88. The van der Waals surface area contributed by atoms with Gasteiger partial charge >= 0.3 is 0 Å². The zero-order valence-corrected chi connectivity index (χ0v) is 11.1. The van der Waals surface area contributed by atoms with Crippen LogP contribution in [0.3, 0.4) is 0 Å². The van der Waals surface area contributed by atoms with Gasteiger partial charge in [-0.3, -0.25) is 4.68 Å². The van der Waals surface area contributed by atoms with E-state index in [1.165, 1.54) is 4.88 Å². The molecule has 0 saturated carbocycles. The van der Waals surface area contributed by atoms with Gasteiger partial charge in [-0.05, 0) is 11.4 Å². The first-order valence-electron chi connectivity index (χ1n) is 5.88. The highest BCUT2D eigenvalue weighted by atomic mass is 32.1. The Balaban J connectivity index is 1.81. The summed E-state index contributed by atoms with van der Waals surface area (Å²) in [5.74, 6) is 0.866. The average Bonchev–Trinajstić information content (AvgIpc) is 2.95. The number of rotatable bonds is 6. The minimum absolute atomic E-state index is 0.466. The van der Waals surface area contributed by atoms with E-state index in [-0.39, 0.29) is 0 Å². The molecular formula is C12H18N4S. The van der Waals surface area contributed by atoms with Crippen LogP contribution in [0.5, 0.6) is 0 Å². The minimum Gasteiger partial charge on any atom is -0.308 e. The zero-order valence-electron chi connectivity index (χ0n) is 10.3. The quantitative estimate of drug-likeness (QED) is 0.853. The molecule has 17 heavy (non-hydrogen) atoms. The van der Waals surface area contributed by atoms with Gasteiger partial charge in [0, 0.05) is 23.9 Å². The van der Waals surface area contributed by atoms with Crippen LogP contribution in [0.2, 0.25) is 0 Å². The number of nitrogens with one attached hydrogen (secondary N) is 1. The van der Waals surface area contributed by atoms with Gasteiger partial charge < -0.3 is 5.32 Å². The van der Waals surface area contributed by atoms with Crippen molar-refractivity contribution >= 4 is 11.3 Å². The van der Waals surface area contributed by atoms with Crippen molar-refractivity contribution in [3.8, 4) is 0 Å². The van der Waals surface area contributed by atoms with Crippen molar-refractivity contribution in [1.29, 1.82) is 0 Å². The molecule has 0 radical (unpaired) electrons. The predicted molar refractivity (Wildman–Crippen MR) is 70.0 cm³/mol. The fourth-order valence-electron chi connectivity index (χ4n) is 1.50. The highest BCUT2D eigenvalue weighted by molar-refractivity contribution is 7.09. The molecule has 0 saturated heterocycles. The summed E-state index contributed by atoms with van der Waals surface area (Å²) in [6.07, 6.45) is 2.84. The molecule has 1 N–H and O–H groups in total. The molecule has 0 spiro atoms. The third-order valence-electron chi connectivity index (χ3n) is 2.42. The van der Waals surface area contributed by atoms with Gasteiger partial charge in [0.25, 0.3) is 0 Å². The van der Waals surface area contributed by atoms with Crippen molar-refractivity contribution < 1.29 is 0 Å². The van der Waals surface area contributed by atoms with E-state index < -0.39 is 0 Å². The summed E-state index contributed by atoms with van der Waals surface area (Å²) >= 11 is 1.79. The Morgan fingerprint density at radius 2 is 2.35 bits per heavy atom. The van der Waals surface area contributed by atoms with Crippen LogP contribution >= 0.6 is 11.3 Å². The van der Waals surface area contributed by atoms with Crippen LogP contribution in [0.1, 0.15) is 24.5 Å². The minimum atomic E-state index is 0.466. The second kappa shape index (κ2) is 5.93. The fraction of sp³-hybridized carbons (Fsp3) is 0.500. The number of aryl methyl sites for hydroxylation is 2. The van der Waals surface area contributed by atoms with Gasteiger partial charge in [0.15, 0.2) is 5.82 Å². The fourth-order valence-corrected chi connectivity index (χ4v) is 2.20. The normalized spacial score (nSPS) is 11.2. The summed E-state index contributed by atoms with van der Waals surface area (Å²) in [6, 6.07) is 4.70.